The van der Waals surface area contributed by atoms with Gasteiger partial charge in [0, 0.05) is 20.0 Å². The average Bonchev–Trinajstić information content (AvgIpc) is 3.02. The number of benzene rings is 1. The number of hydrogen-bond acceptors (Lipinski definition) is 7. The third kappa shape index (κ3) is 7.85. The number of aliphatic hydroxyl groups excluding tert-OH is 3. The van der Waals surface area contributed by atoms with E-state index in [0.29, 0.717) is 25.4 Å². The first-order chi connectivity index (χ1) is 12.1. The van der Waals surface area contributed by atoms with Crippen LogP contribution in [-0.4, -0.2) is 60.1 Å². The van der Waals surface area contributed by atoms with Crippen LogP contribution in [0.2, 0.25) is 0 Å². The van der Waals surface area contributed by atoms with Crippen molar-refractivity contribution in [1.29, 1.82) is 0 Å². The lowest BCUT2D eigenvalue weighted by molar-refractivity contribution is -0.0714. The highest BCUT2D eigenvalue weighted by Gasteiger charge is 2.17. The maximum absolute atomic E-state index is 9.50. The molecule has 1 aromatic carbocycles. The summed E-state index contributed by atoms with van der Waals surface area (Å²) in [6.45, 7) is 0.744. The summed E-state index contributed by atoms with van der Waals surface area (Å²) in [6.07, 6.45) is 0.311. The SMILES string of the molecule is CO.COc1ccc(Cc2sccc2O)cc1.OC1COCC(O)C1. The van der Waals surface area contributed by atoms with E-state index in [1.807, 2.05) is 29.6 Å². The van der Waals surface area contributed by atoms with Gasteiger partial charge >= 0.3 is 0 Å². The van der Waals surface area contributed by atoms with Gasteiger partial charge in [0.2, 0.25) is 0 Å². The summed E-state index contributed by atoms with van der Waals surface area (Å²) in [5.74, 6) is 1.24. The molecule has 4 N–H and O–H groups in total. The maximum atomic E-state index is 9.50. The van der Waals surface area contributed by atoms with E-state index in [2.05, 4.69) is 0 Å². The van der Waals surface area contributed by atoms with Crippen molar-refractivity contribution in [3.05, 3.63) is 46.2 Å². The van der Waals surface area contributed by atoms with E-state index in [1.165, 1.54) is 5.56 Å². The van der Waals surface area contributed by atoms with Crippen LogP contribution in [0, 0.1) is 0 Å². The second kappa shape index (κ2) is 11.8. The number of methoxy groups -OCH3 is 1. The van der Waals surface area contributed by atoms with E-state index in [4.69, 9.17) is 24.8 Å². The molecule has 25 heavy (non-hydrogen) atoms. The average molecular weight is 370 g/mol. The highest BCUT2D eigenvalue weighted by Crippen LogP contribution is 2.26. The largest absolute Gasteiger partial charge is 0.507 e. The van der Waals surface area contributed by atoms with Gasteiger partial charge in [-0.3, -0.25) is 0 Å². The Morgan fingerprint density at radius 3 is 2.08 bits per heavy atom. The summed E-state index contributed by atoms with van der Waals surface area (Å²) >= 11 is 1.57. The van der Waals surface area contributed by atoms with Gasteiger partial charge in [0.15, 0.2) is 0 Å². The minimum atomic E-state index is -0.459. The van der Waals surface area contributed by atoms with Crippen LogP contribution in [0.3, 0.4) is 0 Å². The second-order valence-electron chi connectivity index (χ2n) is 5.33. The van der Waals surface area contributed by atoms with Crippen LogP contribution in [0.4, 0.5) is 0 Å². The Labute approximate surface area is 151 Å². The summed E-state index contributed by atoms with van der Waals surface area (Å²) in [7, 11) is 2.65. The van der Waals surface area contributed by atoms with Crippen molar-refractivity contribution in [3.63, 3.8) is 0 Å². The van der Waals surface area contributed by atoms with E-state index in [-0.39, 0.29) is 0 Å². The van der Waals surface area contributed by atoms with Crippen LogP contribution in [0.5, 0.6) is 11.5 Å². The molecule has 0 bridgehead atoms. The highest BCUT2D eigenvalue weighted by atomic mass is 32.1. The number of rotatable bonds is 3. The van der Waals surface area contributed by atoms with Gasteiger partial charge in [-0.05, 0) is 29.1 Å². The van der Waals surface area contributed by atoms with Gasteiger partial charge in [-0.25, -0.2) is 0 Å². The normalized spacial score (nSPS) is 19.1. The van der Waals surface area contributed by atoms with Crippen molar-refractivity contribution in [2.24, 2.45) is 0 Å². The predicted molar refractivity (Wildman–Crippen MR) is 97.4 cm³/mol. The van der Waals surface area contributed by atoms with Crippen molar-refractivity contribution in [2.75, 3.05) is 27.4 Å². The standard InChI is InChI=1S/C12H12O2S.C5H10O3.CH4O/c1-14-10-4-2-9(3-5-10)8-12-11(13)6-7-15-12;6-4-1-5(7)3-8-2-4;1-2/h2-7,13H,8H2,1H3;4-7H,1-3H2;2H,1H3. The number of ether oxygens (including phenoxy) is 2. The number of aliphatic hydroxyl groups is 3. The van der Waals surface area contributed by atoms with Crippen molar-refractivity contribution in [3.8, 4) is 11.5 Å². The Morgan fingerprint density at radius 2 is 1.68 bits per heavy atom. The molecule has 2 heterocycles. The molecule has 2 atom stereocenters. The van der Waals surface area contributed by atoms with E-state index >= 15 is 0 Å². The molecule has 1 fully saturated rings. The quantitative estimate of drug-likeness (QED) is 0.657. The summed E-state index contributed by atoms with van der Waals surface area (Å²) < 4.78 is 9.88. The number of aromatic hydroxyl groups is 1. The monoisotopic (exact) mass is 370 g/mol. The fourth-order valence-corrected chi connectivity index (χ4v) is 2.99. The predicted octanol–water partition coefficient (Wildman–Crippen LogP) is 1.79. The molecule has 3 rings (SSSR count). The molecule has 0 saturated carbocycles. The summed E-state index contributed by atoms with van der Waals surface area (Å²) in [6, 6.07) is 9.61. The lowest BCUT2D eigenvalue weighted by atomic mass is 10.1. The molecule has 6 nitrogen and oxygen atoms in total. The third-order valence-electron chi connectivity index (χ3n) is 3.41. The molecular weight excluding hydrogens is 344 g/mol. The van der Waals surface area contributed by atoms with Gasteiger partial charge in [-0.1, -0.05) is 12.1 Å². The van der Waals surface area contributed by atoms with Crippen molar-refractivity contribution >= 4 is 11.3 Å². The van der Waals surface area contributed by atoms with Crippen LogP contribution in [0.15, 0.2) is 35.7 Å². The van der Waals surface area contributed by atoms with Gasteiger partial charge in [0.25, 0.3) is 0 Å². The number of thiophene rings is 1. The molecule has 1 aromatic heterocycles. The molecule has 1 saturated heterocycles. The molecule has 2 aromatic rings. The third-order valence-corrected chi connectivity index (χ3v) is 4.32. The van der Waals surface area contributed by atoms with Gasteiger partial charge in [0.1, 0.15) is 11.5 Å². The molecule has 0 amide bonds. The first-order valence-electron chi connectivity index (χ1n) is 7.85. The van der Waals surface area contributed by atoms with Gasteiger partial charge in [-0.2, -0.15) is 0 Å². The second-order valence-corrected chi connectivity index (χ2v) is 6.34. The Balaban J connectivity index is 0.000000264. The van der Waals surface area contributed by atoms with Crippen LogP contribution in [0.1, 0.15) is 16.9 Å². The molecule has 0 radical (unpaired) electrons. The molecule has 0 spiro atoms. The Kier molecular flexibility index (Phi) is 10.1. The molecule has 140 valence electrons. The van der Waals surface area contributed by atoms with Gasteiger partial charge in [0.05, 0.1) is 37.4 Å². The minimum absolute atomic E-state index is 0.372. The lowest BCUT2D eigenvalue weighted by Crippen LogP contribution is -2.32. The van der Waals surface area contributed by atoms with E-state index in [1.54, 1.807) is 24.5 Å². The molecule has 2 unspecified atom stereocenters. The number of hydrogen-bond donors (Lipinski definition) is 4. The van der Waals surface area contributed by atoms with Crippen molar-refractivity contribution in [2.45, 2.75) is 25.0 Å². The van der Waals surface area contributed by atoms with Crippen LogP contribution < -0.4 is 4.74 Å². The van der Waals surface area contributed by atoms with Gasteiger partial charge < -0.3 is 29.9 Å². The zero-order chi connectivity index (χ0) is 18.7. The van der Waals surface area contributed by atoms with E-state index in [9.17, 15) is 5.11 Å². The zero-order valence-corrected chi connectivity index (χ0v) is 15.3. The summed E-state index contributed by atoms with van der Waals surface area (Å²) in [4.78, 5) is 1.00. The Morgan fingerprint density at radius 1 is 1.08 bits per heavy atom. The Hall–Kier alpha value is -1.64. The fraction of sp³-hybridized carbons (Fsp3) is 0.444. The summed E-state index contributed by atoms with van der Waals surface area (Å²) in [5, 5.41) is 36.0. The van der Waals surface area contributed by atoms with Crippen molar-refractivity contribution < 1.29 is 29.9 Å². The fourth-order valence-electron chi connectivity index (χ4n) is 2.19. The maximum Gasteiger partial charge on any atom is 0.129 e. The molecule has 1 aliphatic heterocycles. The molecule has 0 aliphatic carbocycles. The molecular formula is C18H26O6S. The topological polar surface area (TPSA) is 99.4 Å². The van der Waals surface area contributed by atoms with Crippen LogP contribution in [0.25, 0.3) is 0 Å². The molecule has 1 aliphatic rings. The minimum Gasteiger partial charge on any atom is -0.507 e. The lowest BCUT2D eigenvalue weighted by Gasteiger charge is -2.21. The highest BCUT2D eigenvalue weighted by molar-refractivity contribution is 7.10. The van der Waals surface area contributed by atoms with Crippen LogP contribution in [-0.2, 0) is 11.2 Å². The smallest absolute Gasteiger partial charge is 0.129 e. The van der Waals surface area contributed by atoms with Crippen molar-refractivity contribution in [1.82, 2.24) is 0 Å². The summed E-state index contributed by atoms with van der Waals surface area (Å²) in [5.41, 5.74) is 1.17. The zero-order valence-electron chi connectivity index (χ0n) is 14.5. The molecule has 7 heteroatoms. The first-order valence-corrected chi connectivity index (χ1v) is 8.73. The van der Waals surface area contributed by atoms with Crippen LogP contribution >= 0.6 is 11.3 Å². The Bertz CT molecular complexity index is 576. The first kappa shape index (κ1) is 21.4. The van der Waals surface area contributed by atoms with E-state index < -0.39 is 12.2 Å². The van der Waals surface area contributed by atoms with Gasteiger partial charge in [-0.15, -0.1) is 11.3 Å². The van der Waals surface area contributed by atoms with E-state index in [0.717, 1.165) is 24.2 Å².